The molecule has 0 bridgehead atoms. The molecule has 1 N–H and O–H groups in total. The van der Waals surface area contributed by atoms with Gasteiger partial charge in [0.25, 0.3) is 5.91 Å². The van der Waals surface area contributed by atoms with Crippen LogP contribution in [0.2, 0.25) is 0 Å². The molecule has 1 aromatic carbocycles. The average molecular weight is 355 g/mol. The van der Waals surface area contributed by atoms with Crippen molar-refractivity contribution in [3.63, 3.8) is 0 Å². The van der Waals surface area contributed by atoms with Gasteiger partial charge in [-0.25, -0.2) is 4.98 Å². The molecule has 6 heteroatoms. The van der Waals surface area contributed by atoms with E-state index < -0.39 is 0 Å². The molecule has 1 amide bonds. The van der Waals surface area contributed by atoms with E-state index in [1.54, 1.807) is 18.0 Å². The Morgan fingerprint density at radius 1 is 1.17 bits per heavy atom. The van der Waals surface area contributed by atoms with Gasteiger partial charge in [-0.3, -0.25) is 15.1 Å². The minimum absolute atomic E-state index is 0.150. The summed E-state index contributed by atoms with van der Waals surface area (Å²) in [6.07, 6.45) is 1.73. The first-order valence-electron chi connectivity index (χ1n) is 7.57. The first kappa shape index (κ1) is 16.7. The lowest BCUT2D eigenvalue weighted by Crippen LogP contribution is -2.11. The third-order valence-electron chi connectivity index (χ3n) is 3.12. The molecule has 0 saturated carbocycles. The Bertz CT molecular complexity index is 831. The lowest BCUT2D eigenvalue weighted by molar-refractivity contribution is 0.102. The number of amides is 1. The normalized spacial score (nSPS) is 10.8. The second kappa shape index (κ2) is 7.59. The van der Waals surface area contributed by atoms with Crippen LogP contribution in [-0.4, -0.2) is 21.1 Å². The third kappa shape index (κ3) is 4.21. The number of hydrogen-bond acceptors (Lipinski definition) is 5. The summed E-state index contributed by atoms with van der Waals surface area (Å²) in [5.74, 6) is -0.150. The van der Waals surface area contributed by atoms with Crippen molar-refractivity contribution in [2.75, 3.05) is 5.32 Å². The van der Waals surface area contributed by atoms with E-state index >= 15 is 0 Å². The predicted octanol–water partition coefficient (Wildman–Crippen LogP) is 4.96. The van der Waals surface area contributed by atoms with Gasteiger partial charge in [-0.05, 0) is 30.3 Å². The molecule has 2 heterocycles. The molecule has 0 aliphatic carbocycles. The van der Waals surface area contributed by atoms with E-state index in [1.807, 2.05) is 47.8 Å². The molecule has 0 fully saturated rings. The van der Waals surface area contributed by atoms with Gasteiger partial charge in [-0.2, -0.15) is 0 Å². The lowest BCUT2D eigenvalue weighted by atomic mass is 10.2. The number of rotatable bonds is 5. The van der Waals surface area contributed by atoms with E-state index in [2.05, 4.69) is 29.1 Å². The number of carbonyl (C=O) groups is 1. The lowest BCUT2D eigenvalue weighted by Gasteiger charge is -2.07. The molecular weight excluding hydrogens is 338 g/mol. The number of thiazole rings is 1. The smallest absolute Gasteiger partial charge is 0.257 e. The largest absolute Gasteiger partial charge is 0.298 e. The first-order valence-corrected chi connectivity index (χ1v) is 9.33. The Morgan fingerprint density at radius 3 is 2.79 bits per heavy atom. The highest BCUT2D eigenvalue weighted by Gasteiger charge is 2.11. The average Bonchev–Trinajstić information content (AvgIpc) is 3.04. The SMILES string of the molecule is CC(C)Sc1cccc(C(=O)Nc2nc(-c3ccccn3)cs2)c1. The van der Waals surface area contributed by atoms with Gasteiger partial charge < -0.3 is 0 Å². The monoisotopic (exact) mass is 355 g/mol. The van der Waals surface area contributed by atoms with E-state index in [9.17, 15) is 4.79 Å². The van der Waals surface area contributed by atoms with Crippen molar-refractivity contribution in [1.29, 1.82) is 0 Å². The van der Waals surface area contributed by atoms with Crippen LogP contribution in [-0.2, 0) is 0 Å². The summed E-state index contributed by atoms with van der Waals surface area (Å²) >= 11 is 3.13. The van der Waals surface area contributed by atoms with Crippen LogP contribution >= 0.6 is 23.1 Å². The number of thioether (sulfide) groups is 1. The van der Waals surface area contributed by atoms with E-state index in [4.69, 9.17) is 0 Å². The summed E-state index contributed by atoms with van der Waals surface area (Å²) in [5.41, 5.74) is 2.19. The maximum atomic E-state index is 12.4. The molecule has 0 atom stereocenters. The highest BCUT2D eigenvalue weighted by atomic mass is 32.2. The first-order chi connectivity index (χ1) is 11.6. The van der Waals surface area contributed by atoms with Crippen LogP contribution in [0.15, 0.2) is 58.9 Å². The summed E-state index contributed by atoms with van der Waals surface area (Å²) in [6, 6.07) is 13.3. The molecule has 0 radical (unpaired) electrons. The van der Waals surface area contributed by atoms with Gasteiger partial charge in [0.1, 0.15) is 5.69 Å². The topological polar surface area (TPSA) is 54.9 Å². The second-order valence-electron chi connectivity index (χ2n) is 5.40. The van der Waals surface area contributed by atoms with Gasteiger partial charge in [0.15, 0.2) is 5.13 Å². The molecular formula is C18H17N3OS2. The molecule has 3 rings (SSSR count). The van der Waals surface area contributed by atoms with Crippen LogP contribution in [0.4, 0.5) is 5.13 Å². The van der Waals surface area contributed by atoms with Crippen LogP contribution in [0.3, 0.4) is 0 Å². The predicted molar refractivity (Wildman–Crippen MR) is 101 cm³/mol. The van der Waals surface area contributed by atoms with E-state index in [0.29, 0.717) is 15.9 Å². The van der Waals surface area contributed by atoms with Crippen molar-refractivity contribution in [2.45, 2.75) is 24.0 Å². The fraction of sp³-hybridized carbons (Fsp3) is 0.167. The Morgan fingerprint density at radius 2 is 2.04 bits per heavy atom. The third-order valence-corrected chi connectivity index (χ3v) is 4.88. The van der Waals surface area contributed by atoms with Gasteiger partial charge in [0.05, 0.1) is 5.69 Å². The number of carbonyl (C=O) groups excluding carboxylic acids is 1. The van der Waals surface area contributed by atoms with Gasteiger partial charge in [0.2, 0.25) is 0 Å². The number of anilines is 1. The van der Waals surface area contributed by atoms with Crippen molar-refractivity contribution in [3.05, 3.63) is 59.6 Å². The molecule has 0 aliphatic heterocycles. The summed E-state index contributed by atoms with van der Waals surface area (Å²) in [5, 5.41) is 5.80. The quantitative estimate of drug-likeness (QED) is 0.657. The summed E-state index contributed by atoms with van der Waals surface area (Å²) in [7, 11) is 0. The standard InChI is InChI=1S/C18H17N3OS2/c1-12(2)24-14-7-5-6-13(10-14)17(22)21-18-20-16(11-23-18)15-8-3-4-9-19-15/h3-12H,1-2H3,(H,20,21,22). The van der Waals surface area contributed by atoms with Crippen LogP contribution in [0.5, 0.6) is 0 Å². The number of aromatic nitrogens is 2. The number of nitrogens with zero attached hydrogens (tertiary/aromatic N) is 2. The summed E-state index contributed by atoms with van der Waals surface area (Å²) in [4.78, 5) is 22.2. The molecule has 2 aromatic heterocycles. The van der Waals surface area contributed by atoms with Crippen molar-refractivity contribution < 1.29 is 4.79 Å². The van der Waals surface area contributed by atoms with E-state index in [0.717, 1.165) is 16.3 Å². The van der Waals surface area contributed by atoms with E-state index in [1.165, 1.54) is 11.3 Å². The molecule has 3 aromatic rings. The zero-order chi connectivity index (χ0) is 16.9. The van der Waals surface area contributed by atoms with Crippen molar-refractivity contribution in [3.8, 4) is 11.4 Å². The summed E-state index contributed by atoms with van der Waals surface area (Å²) in [6.45, 7) is 4.26. The number of nitrogens with one attached hydrogen (secondary N) is 1. The minimum Gasteiger partial charge on any atom is -0.298 e. The van der Waals surface area contributed by atoms with E-state index in [-0.39, 0.29) is 5.91 Å². The molecule has 122 valence electrons. The van der Waals surface area contributed by atoms with Crippen LogP contribution < -0.4 is 5.32 Å². The molecule has 0 saturated heterocycles. The molecule has 4 nitrogen and oxygen atoms in total. The number of pyridine rings is 1. The van der Waals surface area contributed by atoms with Gasteiger partial charge >= 0.3 is 0 Å². The molecule has 0 aliphatic rings. The molecule has 24 heavy (non-hydrogen) atoms. The zero-order valence-corrected chi connectivity index (χ0v) is 15.0. The minimum atomic E-state index is -0.150. The van der Waals surface area contributed by atoms with Crippen LogP contribution in [0.25, 0.3) is 11.4 Å². The van der Waals surface area contributed by atoms with Crippen LogP contribution in [0.1, 0.15) is 24.2 Å². The van der Waals surface area contributed by atoms with Gasteiger partial charge in [-0.1, -0.05) is 26.0 Å². The summed E-state index contributed by atoms with van der Waals surface area (Å²) < 4.78 is 0. The Hall–Kier alpha value is -2.18. The van der Waals surface area contributed by atoms with Crippen molar-refractivity contribution in [2.24, 2.45) is 0 Å². The van der Waals surface area contributed by atoms with Gasteiger partial charge in [0, 0.05) is 27.3 Å². The second-order valence-corrected chi connectivity index (χ2v) is 7.91. The van der Waals surface area contributed by atoms with Crippen molar-refractivity contribution in [1.82, 2.24) is 9.97 Å². The fourth-order valence-electron chi connectivity index (χ4n) is 2.12. The highest BCUT2D eigenvalue weighted by Crippen LogP contribution is 2.25. The molecule has 0 spiro atoms. The Balaban J connectivity index is 1.72. The Labute approximate surface area is 149 Å². The Kier molecular flexibility index (Phi) is 5.27. The van der Waals surface area contributed by atoms with Crippen LogP contribution in [0, 0.1) is 0 Å². The van der Waals surface area contributed by atoms with Crippen molar-refractivity contribution >= 4 is 34.1 Å². The van der Waals surface area contributed by atoms with Gasteiger partial charge in [-0.15, -0.1) is 23.1 Å². The zero-order valence-electron chi connectivity index (χ0n) is 13.4. The fourth-order valence-corrected chi connectivity index (χ4v) is 3.71. The maximum absolute atomic E-state index is 12.4. The maximum Gasteiger partial charge on any atom is 0.257 e. The number of benzene rings is 1. The highest BCUT2D eigenvalue weighted by molar-refractivity contribution is 7.99. The number of hydrogen-bond donors (Lipinski definition) is 1. The molecule has 0 unspecified atom stereocenters.